The highest BCUT2D eigenvalue weighted by molar-refractivity contribution is 6.09. The van der Waals surface area contributed by atoms with Crippen molar-refractivity contribution in [3.63, 3.8) is 0 Å². The summed E-state index contributed by atoms with van der Waals surface area (Å²) in [5, 5.41) is 10.3. The van der Waals surface area contributed by atoms with E-state index in [9.17, 15) is 14.7 Å². The second-order valence-corrected chi connectivity index (χ2v) is 7.12. The van der Waals surface area contributed by atoms with Gasteiger partial charge in [0.05, 0.1) is 5.41 Å². The molecule has 23 heavy (non-hydrogen) atoms. The number of aryl methyl sites for hydroxylation is 3. The fraction of sp³-hybridized carbons (Fsp3) is 0.579. The van der Waals surface area contributed by atoms with Gasteiger partial charge in [-0.3, -0.25) is 9.59 Å². The predicted molar refractivity (Wildman–Crippen MR) is 86.0 cm³/mol. The second kappa shape index (κ2) is 5.75. The third-order valence-corrected chi connectivity index (χ3v) is 5.46. The monoisotopic (exact) mass is 316 g/mol. The highest BCUT2D eigenvalue weighted by atomic mass is 16.6. The number of aliphatic hydroxyl groups excluding tert-OH is 1. The van der Waals surface area contributed by atoms with Crippen molar-refractivity contribution in [2.45, 2.75) is 65.1 Å². The number of aliphatic hydroxyl groups is 1. The molecule has 1 saturated heterocycles. The molecule has 4 nitrogen and oxygen atoms in total. The first-order valence-corrected chi connectivity index (χ1v) is 8.37. The molecule has 0 radical (unpaired) electrons. The van der Waals surface area contributed by atoms with Crippen molar-refractivity contribution in [3.8, 4) is 0 Å². The summed E-state index contributed by atoms with van der Waals surface area (Å²) in [6.45, 7) is 5.85. The summed E-state index contributed by atoms with van der Waals surface area (Å²) in [6.07, 6.45) is 2.73. The van der Waals surface area contributed by atoms with Crippen LogP contribution >= 0.6 is 0 Å². The molecule has 4 heteroatoms. The molecule has 0 bridgehead atoms. The van der Waals surface area contributed by atoms with E-state index in [1.165, 1.54) is 0 Å². The van der Waals surface area contributed by atoms with Crippen LogP contribution in [0.15, 0.2) is 12.1 Å². The van der Waals surface area contributed by atoms with Gasteiger partial charge in [0.2, 0.25) is 6.29 Å². The highest BCUT2D eigenvalue weighted by Gasteiger charge is 2.56. The van der Waals surface area contributed by atoms with Crippen LogP contribution in [-0.4, -0.2) is 23.1 Å². The van der Waals surface area contributed by atoms with Gasteiger partial charge in [-0.2, -0.15) is 0 Å². The molecule has 1 spiro atoms. The minimum atomic E-state index is -1.30. The molecular formula is C19H24O4. The van der Waals surface area contributed by atoms with Gasteiger partial charge >= 0.3 is 5.97 Å². The van der Waals surface area contributed by atoms with E-state index in [1.807, 2.05) is 32.9 Å². The Morgan fingerprint density at radius 1 is 1.04 bits per heavy atom. The van der Waals surface area contributed by atoms with Crippen molar-refractivity contribution in [3.05, 3.63) is 34.4 Å². The topological polar surface area (TPSA) is 63.6 Å². The van der Waals surface area contributed by atoms with Gasteiger partial charge in [-0.05, 0) is 50.3 Å². The van der Waals surface area contributed by atoms with Gasteiger partial charge in [-0.25, -0.2) is 0 Å². The smallest absolute Gasteiger partial charge is 0.323 e. The molecule has 1 aromatic carbocycles. The Morgan fingerprint density at radius 3 is 2.17 bits per heavy atom. The third kappa shape index (κ3) is 2.49. The normalized spacial score (nSPS) is 27.1. The summed E-state index contributed by atoms with van der Waals surface area (Å²) >= 11 is 0. The summed E-state index contributed by atoms with van der Waals surface area (Å²) in [7, 11) is 0. The van der Waals surface area contributed by atoms with Gasteiger partial charge in [-0.1, -0.05) is 37.0 Å². The summed E-state index contributed by atoms with van der Waals surface area (Å²) < 4.78 is 5.25. The van der Waals surface area contributed by atoms with E-state index in [0.29, 0.717) is 12.8 Å². The zero-order valence-corrected chi connectivity index (χ0v) is 14.0. The molecule has 1 aliphatic heterocycles. The van der Waals surface area contributed by atoms with Crippen LogP contribution in [0, 0.1) is 26.2 Å². The Labute approximate surface area is 136 Å². The molecule has 1 saturated carbocycles. The Balaban J connectivity index is 2.08. The lowest BCUT2D eigenvalue weighted by Gasteiger charge is -2.44. The summed E-state index contributed by atoms with van der Waals surface area (Å²) in [6, 6.07) is 3.98. The number of hydrogen-bond donors (Lipinski definition) is 1. The zero-order valence-electron chi connectivity index (χ0n) is 14.0. The van der Waals surface area contributed by atoms with E-state index in [0.717, 1.165) is 41.5 Å². The van der Waals surface area contributed by atoms with Gasteiger partial charge in [0.15, 0.2) is 5.78 Å². The standard InChI is InChI=1S/C19H24O4/c1-11-9-12(2)14(13(3)10-11)15-16(20)19(7-5-4-6-8-19)18(22)23-17(15)21/h9-10,15,18,22H,4-8H2,1-3H3. The SMILES string of the molecule is Cc1cc(C)c(C2C(=O)OC(O)C3(CCCCC3)C2=O)c(C)c1. The number of benzene rings is 1. The number of hydrogen-bond acceptors (Lipinski definition) is 4. The third-order valence-electron chi connectivity index (χ3n) is 5.46. The maximum absolute atomic E-state index is 13.3. The number of cyclic esters (lactones) is 1. The van der Waals surface area contributed by atoms with E-state index < -0.39 is 23.6 Å². The van der Waals surface area contributed by atoms with E-state index in [4.69, 9.17) is 4.74 Å². The predicted octanol–water partition coefficient (Wildman–Crippen LogP) is 3.09. The van der Waals surface area contributed by atoms with Gasteiger partial charge in [0.1, 0.15) is 5.92 Å². The molecule has 1 aromatic rings. The van der Waals surface area contributed by atoms with Crippen molar-refractivity contribution in [1.82, 2.24) is 0 Å². The number of carbonyl (C=O) groups is 2. The molecule has 2 fully saturated rings. The van der Waals surface area contributed by atoms with E-state index in [2.05, 4.69) is 0 Å². The molecule has 1 N–H and O–H groups in total. The molecule has 2 unspecified atom stereocenters. The largest absolute Gasteiger partial charge is 0.434 e. The van der Waals surface area contributed by atoms with Crippen molar-refractivity contribution in [2.24, 2.45) is 5.41 Å². The first-order chi connectivity index (χ1) is 10.9. The lowest BCUT2D eigenvalue weighted by molar-refractivity contribution is -0.214. The Hall–Kier alpha value is -1.68. The molecule has 124 valence electrons. The number of rotatable bonds is 1. The average molecular weight is 316 g/mol. The van der Waals surface area contributed by atoms with Gasteiger partial charge in [-0.15, -0.1) is 0 Å². The fourth-order valence-corrected chi connectivity index (χ4v) is 4.38. The molecule has 0 aromatic heterocycles. The van der Waals surface area contributed by atoms with Crippen molar-refractivity contribution in [1.29, 1.82) is 0 Å². The maximum atomic E-state index is 13.3. The summed E-state index contributed by atoms with van der Waals surface area (Å²) in [4.78, 5) is 25.7. The van der Waals surface area contributed by atoms with Crippen molar-refractivity contribution >= 4 is 11.8 Å². The van der Waals surface area contributed by atoms with E-state index in [-0.39, 0.29) is 5.78 Å². The summed E-state index contributed by atoms with van der Waals surface area (Å²) in [5.41, 5.74) is 2.80. The molecule has 1 aliphatic carbocycles. The minimum absolute atomic E-state index is 0.156. The molecule has 2 aliphatic rings. The fourth-order valence-electron chi connectivity index (χ4n) is 4.38. The Bertz CT molecular complexity index is 632. The van der Waals surface area contributed by atoms with Crippen LogP contribution in [0.25, 0.3) is 0 Å². The lowest BCUT2D eigenvalue weighted by Crippen LogP contribution is -2.54. The quantitative estimate of drug-likeness (QED) is 0.639. The lowest BCUT2D eigenvalue weighted by atomic mass is 9.64. The van der Waals surface area contributed by atoms with Gasteiger partial charge < -0.3 is 9.84 Å². The number of ketones is 1. The molecule has 3 rings (SSSR count). The number of Topliss-reactive ketones (excluding diaryl/α,β-unsaturated/α-hetero) is 1. The Morgan fingerprint density at radius 2 is 1.61 bits per heavy atom. The number of esters is 1. The molecule has 0 amide bonds. The van der Waals surface area contributed by atoms with Crippen LogP contribution in [0.2, 0.25) is 0 Å². The maximum Gasteiger partial charge on any atom is 0.323 e. The van der Waals surface area contributed by atoms with Crippen LogP contribution in [0.3, 0.4) is 0 Å². The number of carbonyl (C=O) groups excluding carboxylic acids is 2. The first-order valence-electron chi connectivity index (χ1n) is 8.37. The minimum Gasteiger partial charge on any atom is -0.434 e. The van der Waals surface area contributed by atoms with Gasteiger partial charge in [0, 0.05) is 0 Å². The Kier molecular flexibility index (Phi) is 4.05. The van der Waals surface area contributed by atoms with Gasteiger partial charge in [0.25, 0.3) is 0 Å². The van der Waals surface area contributed by atoms with Crippen LogP contribution in [0.4, 0.5) is 0 Å². The number of ether oxygens (including phenoxy) is 1. The second-order valence-electron chi connectivity index (χ2n) is 7.12. The van der Waals surface area contributed by atoms with E-state index in [1.54, 1.807) is 0 Å². The average Bonchev–Trinajstić information content (AvgIpc) is 2.49. The van der Waals surface area contributed by atoms with Crippen molar-refractivity contribution in [2.75, 3.05) is 0 Å². The van der Waals surface area contributed by atoms with E-state index >= 15 is 0 Å². The first kappa shape index (κ1) is 16.2. The van der Waals surface area contributed by atoms with Crippen LogP contribution in [0.5, 0.6) is 0 Å². The van der Waals surface area contributed by atoms with Crippen LogP contribution < -0.4 is 0 Å². The highest BCUT2D eigenvalue weighted by Crippen LogP contribution is 2.48. The summed E-state index contributed by atoms with van der Waals surface area (Å²) in [5.74, 6) is -1.68. The van der Waals surface area contributed by atoms with Crippen molar-refractivity contribution < 1.29 is 19.4 Å². The molecule has 1 heterocycles. The van der Waals surface area contributed by atoms with Crippen LogP contribution in [-0.2, 0) is 14.3 Å². The zero-order chi connectivity index (χ0) is 16.8. The molecule has 2 atom stereocenters. The molecular weight excluding hydrogens is 292 g/mol. The van der Waals surface area contributed by atoms with Crippen LogP contribution in [0.1, 0.15) is 60.3 Å².